The highest BCUT2D eigenvalue weighted by Gasteiger charge is 2.11. The third-order valence-electron chi connectivity index (χ3n) is 3.45. The highest BCUT2D eigenvalue weighted by molar-refractivity contribution is 7.98. The van der Waals surface area contributed by atoms with Crippen LogP contribution in [0.2, 0.25) is 0 Å². The van der Waals surface area contributed by atoms with Crippen LogP contribution in [0.15, 0.2) is 59.5 Å². The van der Waals surface area contributed by atoms with E-state index in [0.29, 0.717) is 24.7 Å². The first-order chi connectivity index (χ1) is 13.0. The summed E-state index contributed by atoms with van der Waals surface area (Å²) in [7, 11) is -3.45. The summed E-state index contributed by atoms with van der Waals surface area (Å²) in [5, 5.41) is 0. The van der Waals surface area contributed by atoms with Gasteiger partial charge in [0.1, 0.15) is 5.75 Å². The molecular formula is C19H23NO5S2. The van der Waals surface area contributed by atoms with Crippen molar-refractivity contribution in [1.29, 1.82) is 0 Å². The van der Waals surface area contributed by atoms with Crippen LogP contribution in [0.1, 0.15) is 12.5 Å². The lowest BCUT2D eigenvalue weighted by Gasteiger charge is -2.08. The van der Waals surface area contributed by atoms with E-state index >= 15 is 0 Å². The van der Waals surface area contributed by atoms with Crippen LogP contribution in [0.5, 0.6) is 5.75 Å². The molecule has 0 heterocycles. The second kappa shape index (κ2) is 11.0. The van der Waals surface area contributed by atoms with Gasteiger partial charge < -0.3 is 9.47 Å². The van der Waals surface area contributed by atoms with Crippen molar-refractivity contribution in [2.45, 2.75) is 17.6 Å². The number of rotatable bonds is 11. The maximum Gasteiger partial charge on any atom is 0.344 e. The van der Waals surface area contributed by atoms with Crippen LogP contribution in [0, 0.1) is 0 Å². The molecular weight excluding hydrogens is 386 g/mol. The molecule has 27 heavy (non-hydrogen) atoms. The first-order valence-corrected chi connectivity index (χ1v) is 11.1. The summed E-state index contributed by atoms with van der Waals surface area (Å²) in [5.74, 6) is 1.63. The molecule has 0 bridgehead atoms. The number of hydrogen-bond donors (Lipinski definition) is 1. The molecule has 8 heteroatoms. The fraction of sp³-hybridized carbons (Fsp3) is 0.316. The Morgan fingerprint density at radius 2 is 1.78 bits per heavy atom. The Kier molecular flexibility index (Phi) is 8.63. The quantitative estimate of drug-likeness (QED) is 0.454. The Bertz CT molecular complexity index is 808. The first-order valence-electron chi connectivity index (χ1n) is 8.51. The molecule has 0 aliphatic carbocycles. The maximum absolute atomic E-state index is 12.1. The average molecular weight is 410 g/mol. The number of esters is 1. The molecule has 0 aromatic heterocycles. The van der Waals surface area contributed by atoms with Crippen molar-refractivity contribution in [3.05, 3.63) is 60.2 Å². The Labute approximate surface area is 164 Å². The third kappa shape index (κ3) is 7.62. The number of ether oxygens (including phenoxy) is 2. The van der Waals surface area contributed by atoms with Gasteiger partial charge in [-0.2, -0.15) is 11.8 Å². The molecule has 1 N–H and O–H groups in total. The zero-order chi connectivity index (χ0) is 19.5. The van der Waals surface area contributed by atoms with Gasteiger partial charge in [-0.15, -0.1) is 0 Å². The van der Waals surface area contributed by atoms with Gasteiger partial charge in [-0.25, -0.2) is 17.9 Å². The number of benzene rings is 2. The molecule has 0 fully saturated rings. The van der Waals surface area contributed by atoms with Gasteiger partial charge in [-0.3, -0.25) is 0 Å². The summed E-state index contributed by atoms with van der Waals surface area (Å²) in [6.45, 7) is 2.34. The molecule has 0 spiro atoms. The Morgan fingerprint density at radius 1 is 1.07 bits per heavy atom. The van der Waals surface area contributed by atoms with Crippen LogP contribution in [0.4, 0.5) is 0 Å². The summed E-state index contributed by atoms with van der Waals surface area (Å²) in [4.78, 5) is 11.5. The fourth-order valence-corrected chi connectivity index (χ4v) is 4.15. The van der Waals surface area contributed by atoms with Gasteiger partial charge in [0, 0.05) is 18.1 Å². The zero-order valence-electron chi connectivity index (χ0n) is 15.1. The predicted octanol–water partition coefficient (Wildman–Crippen LogP) is 2.84. The van der Waals surface area contributed by atoms with E-state index in [2.05, 4.69) is 4.72 Å². The van der Waals surface area contributed by atoms with Crippen LogP contribution >= 0.6 is 11.8 Å². The third-order valence-corrected chi connectivity index (χ3v) is 5.95. The lowest BCUT2D eigenvalue weighted by atomic mass is 10.2. The fourth-order valence-electron chi connectivity index (χ4n) is 2.15. The minimum Gasteiger partial charge on any atom is -0.482 e. The number of hydrogen-bond acceptors (Lipinski definition) is 6. The largest absolute Gasteiger partial charge is 0.482 e. The number of sulfonamides is 1. The van der Waals surface area contributed by atoms with Gasteiger partial charge in [0.05, 0.1) is 11.5 Å². The van der Waals surface area contributed by atoms with Crippen molar-refractivity contribution < 1.29 is 22.7 Å². The molecule has 0 aliphatic heterocycles. The Morgan fingerprint density at radius 3 is 2.44 bits per heavy atom. The smallest absolute Gasteiger partial charge is 0.344 e. The Balaban J connectivity index is 1.68. The van der Waals surface area contributed by atoms with E-state index in [9.17, 15) is 13.2 Å². The van der Waals surface area contributed by atoms with Gasteiger partial charge in [0.2, 0.25) is 10.0 Å². The number of carbonyl (C=O) groups excluding carboxylic acids is 1. The molecule has 0 atom stereocenters. The van der Waals surface area contributed by atoms with Crippen LogP contribution in [0.25, 0.3) is 0 Å². The standard InChI is InChI=1S/C19H23NO5S2/c1-2-24-19(21)14-25-17-10-8-16(9-11-17)15-26-13-12-20-27(22,23)18-6-4-3-5-7-18/h3-11,20H,2,12-15H2,1H3. The second-order valence-electron chi connectivity index (χ2n) is 5.50. The lowest BCUT2D eigenvalue weighted by Crippen LogP contribution is -2.26. The SMILES string of the molecule is CCOC(=O)COc1ccc(CSCCNS(=O)(=O)c2ccccc2)cc1. The van der Waals surface area contributed by atoms with Crippen molar-refractivity contribution in [2.75, 3.05) is 25.5 Å². The van der Waals surface area contributed by atoms with Gasteiger partial charge in [-0.1, -0.05) is 30.3 Å². The molecule has 0 radical (unpaired) electrons. The summed E-state index contributed by atoms with van der Waals surface area (Å²) in [5.41, 5.74) is 1.09. The minimum absolute atomic E-state index is 0.108. The van der Waals surface area contributed by atoms with Crippen molar-refractivity contribution in [3.63, 3.8) is 0 Å². The van der Waals surface area contributed by atoms with Crippen molar-refractivity contribution in [2.24, 2.45) is 0 Å². The molecule has 0 saturated heterocycles. The maximum atomic E-state index is 12.1. The molecule has 2 rings (SSSR count). The van der Waals surface area contributed by atoms with E-state index in [1.807, 2.05) is 12.1 Å². The van der Waals surface area contributed by atoms with Crippen LogP contribution in [-0.4, -0.2) is 39.9 Å². The molecule has 2 aromatic rings. The predicted molar refractivity (Wildman–Crippen MR) is 106 cm³/mol. The minimum atomic E-state index is -3.45. The molecule has 0 aliphatic rings. The van der Waals surface area contributed by atoms with E-state index in [1.54, 1.807) is 61.2 Å². The molecule has 0 saturated carbocycles. The topological polar surface area (TPSA) is 81.7 Å². The van der Waals surface area contributed by atoms with Crippen molar-refractivity contribution in [3.8, 4) is 5.75 Å². The zero-order valence-corrected chi connectivity index (χ0v) is 16.7. The summed E-state index contributed by atoms with van der Waals surface area (Å²) in [6.07, 6.45) is 0. The van der Waals surface area contributed by atoms with Crippen molar-refractivity contribution in [1.82, 2.24) is 4.72 Å². The Hall–Kier alpha value is -2.03. The van der Waals surface area contributed by atoms with E-state index in [0.717, 1.165) is 11.3 Å². The van der Waals surface area contributed by atoms with Gasteiger partial charge in [-0.05, 0) is 36.8 Å². The summed E-state index contributed by atoms with van der Waals surface area (Å²) < 4.78 is 36.9. The van der Waals surface area contributed by atoms with Crippen LogP contribution in [-0.2, 0) is 25.3 Å². The first kappa shape index (κ1) is 21.3. The number of nitrogens with one attached hydrogen (secondary N) is 1. The molecule has 0 amide bonds. The van der Waals surface area contributed by atoms with Gasteiger partial charge in [0.15, 0.2) is 6.61 Å². The van der Waals surface area contributed by atoms with Crippen molar-refractivity contribution >= 4 is 27.8 Å². The molecule has 2 aromatic carbocycles. The van der Waals surface area contributed by atoms with E-state index in [1.165, 1.54) is 0 Å². The normalized spacial score (nSPS) is 11.1. The van der Waals surface area contributed by atoms with Crippen LogP contribution in [0.3, 0.4) is 0 Å². The summed E-state index contributed by atoms with van der Waals surface area (Å²) >= 11 is 1.63. The van der Waals surface area contributed by atoms with Gasteiger partial charge >= 0.3 is 5.97 Å². The van der Waals surface area contributed by atoms with E-state index in [-0.39, 0.29) is 11.5 Å². The van der Waals surface area contributed by atoms with E-state index < -0.39 is 16.0 Å². The lowest BCUT2D eigenvalue weighted by molar-refractivity contribution is -0.145. The number of carbonyl (C=O) groups is 1. The second-order valence-corrected chi connectivity index (χ2v) is 8.37. The molecule has 0 unspecified atom stereocenters. The highest BCUT2D eigenvalue weighted by atomic mass is 32.2. The molecule has 6 nitrogen and oxygen atoms in total. The number of thioether (sulfide) groups is 1. The van der Waals surface area contributed by atoms with Crippen LogP contribution < -0.4 is 9.46 Å². The monoisotopic (exact) mass is 409 g/mol. The highest BCUT2D eigenvalue weighted by Crippen LogP contribution is 2.17. The average Bonchev–Trinajstić information content (AvgIpc) is 2.68. The molecule has 146 valence electrons. The van der Waals surface area contributed by atoms with Gasteiger partial charge in [0.25, 0.3) is 0 Å². The van der Waals surface area contributed by atoms with E-state index in [4.69, 9.17) is 9.47 Å². The summed E-state index contributed by atoms with van der Waals surface area (Å²) in [6, 6.07) is 15.8.